The van der Waals surface area contributed by atoms with Crippen molar-refractivity contribution in [1.82, 2.24) is 19.5 Å². The molecule has 1 fully saturated rings. The van der Waals surface area contributed by atoms with Crippen LogP contribution in [-0.2, 0) is 23.2 Å². The minimum atomic E-state index is -1.47. The molecule has 28 heavy (non-hydrogen) atoms. The SMILES string of the molecule is Cc1ncnc2c1ncn2[C@@H]1O[C@H](C(C)(O)c2ccc3c(c2)CC3)[C@@H](O)[C@H]1O. The molecule has 0 bridgehead atoms. The van der Waals surface area contributed by atoms with E-state index >= 15 is 0 Å². The highest BCUT2D eigenvalue weighted by Gasteiger charge is 2.52. The second-order valence-electron chi connectivity index (χ2n) is 7.84. The van der Waals surface area contributed by atoms with Gasteiger partial charge in [0, 0.05) is 0 Å². The summed E-state index contributed by atoms with van der Waals surface area (Å²) in [5.74, 6) is 0. The number of fused-ring (bicyclic) bond motifs is 2. The van der Waals surface area contributed by atoms with Crippen LogP contribution in [0.4, 0.5) is 0 Å². The Morgan fingerprint density at radius 3 is 2.61 bits per heavy atom. The quantitative estimate of drug-likeness (QED) is 0.613. The number of benzene rings is 1. The topological polar surface area (TPSA) is 114 Å². The molecule has 1 unspecified atom stereocenters. The lowest BCUT2D eigenvalue weighted by Crippen LogP contribution is -2.45. The number of imidazole rings is 1. The third-order valence-electron chi connectivity index (χ3n) is 6.06. The Labute approximate surface area is 161 Å². The van der Waals surface area contributed by atoms with E-state index in [1.54, 1.807) is 11.5 Å². The molecule has 1 saturated heterocycles. The van der Waals surface area contributed by atoms with Gasteiger partial charge in [0.25, 0.3) is 0 Å². The van der Waals surface area contributed by atoms with E-state index in [1.165, 1.54) is 23.8 Å². The van der Waals surface area contributed by atoms with E-state index in [1.807, 2.05) is 25.1 Å². The van der Waals surface area contributed by atoms with Gasteiger partial charge in [-0.1, -0.05) is 18.2 Å². The highest BCUT2D eigenvalue weighted by atomic mass is 16.6. The molecular weight excluding hydrogens is 360 g/mol. The molecule has 8 nitrogen and oxygen atoms in total. The van der Waals surface area contributed by atoms with Crippen molar-refractivity contribution in [1.29, 1.82) is 0 Å². The summed E-state index contributed by atoms with van der Waals surface area (Å²) >= 11 is 0. The summed E-state index contributed by atoms with van der Waals surface area (Å²) in [7, 11) is 0. The number of nitrogens with zero attached hydrogens (tertiary/aromatic N) is 4. The van der Waals surface area contributed by atoms with Gasteiger partial charge in [0.05, 0.1) is 12.0 Å². The molecule has 8 heteroatoms. The zero-order valence-electron chi connectivity index (χ0n) is 15.6. The predicted octanol–water partition coefficient (Wildman–Crippen LogP) is 0.760. The van der Waals surface area contributed by atoms with E-state index in [0.717, 1.165) is 12.8 Å². The van der Waals surface area contributed by atoms with Crippen LogP contribution in [0.1, 0.15) is 35.5 Å². The van der Waals surface area contributed by atoms with Crippen molar-refractivity contribution in [3.05, 3.63) is 53.2 Å². The van der Waals surface area contributed by atoms with Crippen LogP contribution in [-0.4, -0.2) is 53.2 Å². The summed E-state index contributed by atoms with van der Waals surface area (Å²) < 4.78 is 7.57. The van der Waals surface area contributed by atoms with Gasteiger partial charge in [-0.25, -0.2) is 15.0 Å². The molecule has 3 heterocycles. The fraction of sp³-hybridized carbons (Fsp3) is 0.450. The summed E-state index contributed by atoms with van der Waals surface area (Å²) in [5, 5.41) is 32.6. The number of hydrogen-bond acceptors (Lipinski definition) is 7. The zero-order chi connectivity index (χ0) is 19.6. The Kier molecular flexibility index (Phi) is 3.82. The van der Waals surface area contributed by atoms with Crippen LogP contribution in [0.15, 0.2) is 30.9 Å². The maximum Gasteiger partial charge on any atom is 0.165 e. The summed E-state index contributed by atoms with van der Waals surface area (Å²) in [6, 6.07) is 5.82. The highest BCUT2D eigenvalue weighted by Crippen LogP contribution is 2.41. The van der Waals surface area contributed by atoms with Gasteiger partial charge in [-0.3, -0.25) is 4.57 Å². The largest absolute Gasteiger partial charge is 0.387 e. The van der Waals surface area contributed by atoms with Crippen molar-refractivity contribution >= 4 is 11.2 Å². The van der Waals surface area contributed by atoms with Gasteiger partial charge < -0.3 is 20.1 Å². The molecule has 0 spiro atoms. The number of hydrogen-bond donors (Lipinski definition) is 3. The molecule has 0 radical (unpaired) electrons. The van der Waals surface area contributed by atoms with Gasteiger partial charge in [0.2, 0.25) is 0 Å². The maximum absolute atomic E-state index is 11.2. The lowest BCUT2D eigenvalue weighted by molar-refractivity contribution is -0.136. The second kappa shape index (κ2) is 6.05. The third kappa shape index (κ3) is 2.42. The van der Waals surface area contributed by atoms with Crippen molar-refractivity contribution in [2.75, 3.05) is 0 Å². The van der Waals surface area contributed by atoms with Gasteiger partial charge in [0.1, 0.15) is 35.8 Å². The van der Waals surface area contributed by atoms with Crippen LogP contribution in [0, 0.1) is 6.92 Å². The molecule has 1 aromatic carbocycles. The highest BCUT2D eigenvalue weighted by molar-refractivity contribution is 5.72. The van der Waals surface area contributed by atoms with Crippen LogP contribution < -0.4 is 0 Å². The van der Waals surface area contributed by atoms with Gasteiger partial charge >= 0.3 is 0 Å². The van der Waals surface area contributed by atoms with E-state index in [0.29, 0.717) is 22.4 Å². The Morgan fingerprint density at radius 1 is 1.11 bits per heavy atom. The van der Waals surface area contributed by atoms with Crippen molar-refractivity contribution in [2.24, 2.45) is 0 Å². The third-order valence-corrected chi connectivity index (χ3v) is 6.06. The molecule has 5 rings (SSSR count). The summed E-state index contributed by atoms with van der Waals surface area (Å²) in [6.45, 7) is 3.43. The Balaban J connectivity index is 1.50. The lowest BCUT2D eigenvalue weighted by atomic mass is 9.81. The number of aromatic nitrogens is 4. The Hall–Kier alpha value is -2.39. The molecule has 1 aliphatic heterocycles. The van der Waals surface area contributed by atoms with Gasteiger partial charge in [-0.05, 0) is 43.4 Å². The Morgan fingerprint density at radius 2 is 1.89 bits per heavy atom. The zero-order valence-corrected chi connectivity index (χ0v) is 15.6. The molecule has 0 amide bonds. The lowest BCUT2D eigenvalue weighted by Gasteiger charge is -2.33. The molecular formula is C20H22N4O4. The Bertz CT molecular complexity index is 1060. The number of aliphatic hydroxyl groups is 3. The fourth-order valence-corrected chi connectivity index (χ4v) is 4.18. The summed E-state index contributed by atoms with van der Waals surface area (Å²) in [6.07, 6.45) is 0.526. The molecule has 5 atom stereocenters. The van der Waals surface area contributed by atoms with E-state index in [-0.39, 0.29) is 0 Å². The first-order valence-electron chi connectivity index (χ1n) is 9.38. The fourth-order valence-electron chi connectivity index (χ4n) is 4.18. The summed E-state index contributed by atoms with van der Waals surface area (Å²) in [5.41, 5.74) is 3.50. The second-order valence-corrected chi connectivity index (χ2v) is 7.84. The van der Waals surface area contributed by atoms with Crippen molar-refractivity contribution in [3.63, 3.8) is 0 Å². The smallest absolute Gasteiger partial charge is 0.165 e. The van der Waals surface area contributed by atoms with Crippen molar-refractivity contribution < 1.29 is 20.1 Å². The van der Waals surface area contributed by atoms with Crippen molar-refractivity contribution in [3.8, 4) is 0 Å². The van der Waals surface area contributed by atoms with Crippen molar-refractivity contribution in [2.45, 2.75) is 56.8 Å². The number of aliphatic hydroxyl groups excluding tert-OH is 2. The monoisotopic (exact) mass is 382 g/mol. The van der Waals surface area contributed by atoms with Crippen LogP contribution in [0.5, 0.6) is 0 Å². The van der Waals surface area contributed by atoms with Gasteiger partial charge in [-0.15, -0.1) is 0 Å². The molecule has 3 N–H and O–H groups in total. The number of aryl methyl sites for hydroxylation is 3. The molecule has 0 saturated carbocycles. The first kappa shape index (κ1) is 17.7. The van der Waals surface area contributed by atoms with Crippen LogP contribution in [0.25, 0.3) is 11.2 Å². The minimum Gasteiger partial charge on any atom is -0.387 e. The van der Waals surface area contributed by atoms with E-state index in [2.05, 4.69) is 15.0 Å². The maximum atomic E-state index is 11.2. The summed E-state index contributed by atoms with van der Waals surface area (Å²) in [4.78, 5) is 12.7. The van der Waals surface area contributed by atoms with Gasteiger partial charge in [0.15, 0.2) is 11.9 Å². The van der Waals surface area contributed by atoms with Crippen LogP contribution in [0.3, 0.4) is 0 Å². The normalized spacial score (nSPS) is 28.8. The standard InChI is InChI=1S/C20H22N4O4/c1-10-14-18(22-8-21-10)24(9-23-14)19-16(26)15(25)17(28-19)20(2,27)13-6-5-11-3-4-12(11)7-13/h5-9,15-17,19,25-27H,3-4H2,1-2H3/t15-,16+,17-,19+,20?/m0/s1. The number of ether oxygens (including phenoxy) is 1. The van der Waals surface area contributed by atoms with E-state index < -0.39 is 30.1 Å². The average Bonchev–Trinajstić information content (AvgIpc) is 3.19. The predicted molar refractivity (Wildman–Crippen MR) is 99.4 cm³/mol. The molecule has 2 aromatic heterocycles. The molecule has 3 aromatic rings. The molecule has 146 valence electrons. The van der Waals surface area contributed by atoms with E-state index in [4.69, 9.17) is 4.74 Å². The molecule has 2 aliphatic rings. The van der Waals surface area contributed by atoms with Crippen LogP contribution >= 0.6 is 0 Å². The minimum absolute atomic E-state index is 0.505. The van der Waals surface area contributed by atoms with Gasteiger partial charge in [-0.2, -0.15) is 0 Å². The van der Waals surface area contributed by atoms with Crippen LogP contribution in [0.2, 0.25) is 0 Å². The van der Waals surface area contributed by atoms with E-state index in [9.17, 15) is 15.3 Å². The first-order chi connectivity index (χ1) is 13.4. The first-order valence-corrected chi connectivity index (χ1v) is 9.38. The molecule has 1 aliphatic carbocycles. The average molecular weight is 382 g/mol. The number of rotatable bonds is 3.